The van der Waals surface area contributed by atoms with Gasteiger partial charge in [0.2, 0.25) is 0 Å². The second kappa shape index (κ2) is 9.05. The third-order valence-electron chi connectivity index (χ3n) is 4.98. The molecule has 4 nitrogen and oxygen atoms in total. The minimum Gasteiger partial charge on any atom is -0.483 e. The van der Waals surface area contributed by atoms with Crippen molar-refractivity contribution in [3.05, 3.63) is 114 Å². The molecular formula is C26H21NO3. The van der Waals surface area contributed by atoms with Crippen LogP contribution in [0, 0.1) is 0 Å². The molecule has 0 atom stereocenters. The third kappa shape index (κ3) is 4.23. The monoisotopic (exact) mass is 395 g/mol. The number of nitrogens with one attached hydrogen (secondary N) is 1. The molecule has 148 valence electrons. The van der Waals surface area contributed by atoms with Crippen molar-refractivity contribution in [1.82, 2.24) is 5.32 Å². The van der Waals surface area contributed by atoms with Crippen molar-refractivity contribution in [2.75, 3.05) is 6.61 Å². The number of fused-ring (bicyclic) bond motifs is 1. The Hall–Kier alpha value is -3.92. The Morgan fingerprint density at radius 1 is 0.800 bits per heavy atom. The molecule has 0 aliphatic heterocycles. The van der Waals surface area contributed by atoms with E-state index in [0.29, 0.717) is 11.3 Å². The zero-order valence-electron chi connectivity index (χ0n) is 16.3. The molecule has 0 aliphatic rings. The van der Waals surface area contributed by atoms with Gasteiger partial charge in [-0.3, -0.25) is 9.59 Å². The largest absolute Gasteiger partial charge is 0.483 e. The lowest BCUT2D eigenvalue weighted by Gasteiger charge is -2.20. The summed E-state index contributed by atoms with van der Waals surface area (Å²) in [6, 6.07) is 30.5. The number of hydrogen-bond donors (Lipinski definition) is 1. The van der Waals surface area contributed by atoms with E-state index >= 15 is 0 Å². The van der Waals surface area contributed by atoms with Crippen LogP contribution in [-0.2, 0) is 4.79 Å². The van der Waals surface area contributed by atoms with Crippen molar-refractivity contribution in [3.63, 3.8) is 0 Å². The van der Waals surface area contributed by atoms with Gasteiger partial charge in [-0.25, -0.2) is 0 Å². The fourth-order valence-corrected chi connectivity index (χ4v) is 3.52. The third-order valence-corrected chi connectivity index (χ3v) is 4.98. The molecule has 4 heteroatoms. The Balaban J connectivity index is 1.52. The highest BCUT2D eigenvalue weighted by Gasteiger charge is 2.17. The van der Waals surface area contributed by atoms with Crippen LogP contribution in [0.15, 0.2) is 97.1 Å². The molecule has 0 aromatic heterocycles. The number of amides is 1. The van der Waals surface area contributed by atoms with Gasteiger partial charge in [0.25, 0.3) is 5.91 Å². The summed E-state index contributed by atoms with van der Waals surface area (Å²) in [4.78, 5) is 24.4. The molecule has 4 rings (SSSR count). The predicted molar refractivity (Wildman–Crippen MR) is 118 cm³/mol. The number of carbonyl (C=O) groups excluding carboxylic acids is 2. The second-order valence-electron chi connectivity index (χ2n) is 6.93. The maximum absolute atomic E-state index is 12.7. The fraction of sp³-hybridized carbons (Fsp3) is 0.0769. The smallest absolute Gasteiger partial charge is 0.258 e. The molecule has 0 bridgehead atoms. The first-order chi connectivity index (χ1) is 14.8. The number of carbonyl (C=O) groups is 2. The Morgan fingerprint density at radius 3 is 2.03 bits per heavy atom. The molecule has 0 saturated carbocycles. The molecule has 0 unspecified atom stereocenters. The SMILES string of the molecule is O=Cc1c(OCC(=O)NC(c2ccccc2)c2ccccc2)ccc2ccccc12. The Bertz CT molecular complexity index is 1120. The van der Waals surface area contributed by atoms with Crippen molar-refractivity contribution in [1.29, 1.82) is 0 Å². The summed E-state index contributed by atoms with van der Waals surface area (Å²) in [6.45, 7) is -0.185. The molecule has 0 saturated heterocycles. The summed E-state index contributed by atoms with van der Waals surface area (Å²) in [7, 11) is 0. The average molecular weight is 395 g/mol. The van der Waals surface area contributed by atoms with Gasteiger partial charge in [0.1, 0.15) is 5.75 Å². The quantitative estimate of drug-likeness (QED) is 0.451. The number of benzene rings is 4. The summed E-state index contributed by atoms with van der Waals surface area (Å²) in [5, 5.41) is 4.79. The van der Waals surface area contributed by atoms with E-state index in [9.17, 15) is 9.59 Å². The van der Waals surface area contributed by atoms with Gasteiger partial charge in [0, 0.05) is 0 Å². The van der Waals surface area contributed by atoms with Crippen LogP contribution in [0.25, 0.3) is 10.8 Å². The summed E-state index contributed by atoms with van der Waals surface area (Å²) < 4.78 is 5.73. The van der Waals surface area contributed by atoms with E-state index in [1.165, 1.54) is 0 Å². The lowest BCUT2D eigenvalue weighted by atomic mass is 9.99. The van der Waals surface area contributed by atoms with E-state index in [0.717, 1.165) is 28.2 Å². The van der Waals surface area contributed by atoms with Gasteiger partial charge in [-0.05, 0) is 28.0 Å². The van der Waals surface area contributed by atoms with E-state index < -0.39 is 0 Å². The first kappa shape index (κ1) is 19.4. The van der Waals surface area contributed by atoms with Gasteiger partial charge < -0.3 is 10.1 Å². The standard InChI is InChI=1S/C26H21NO3/c28-17-23-22-14-8-7-9-19(22)15-16-24(23)30-18-25(29)27-26(20-10-3-1-4-11-20)21-12-5-2-6-13-21/h1-17,26H,18H2,(H,27,29). The normalized spacial score (nSPS) is 10.7. The van der Waals surface area contributed by atoms with Crippen LogP contribution in [0.4, 0.5) is 0 Å². The van der Waals surface area contributed by atoms with Gasteiger partial charge in [-0.2, -0.15) is 0 Å². The Labute approximate surface area is 175 Å². The van der Waals surface area contributed by atoms with Crippen LogP contribution in [0.5, 0.6) is 5.75 Å². The van der Waals surface area contributed by atoms with Crippen LogP contribution in [0.3, 0.4) is 0 Å². The summed E-state index contributed by atoms with van der Waals surface area (Å²) >= 11 is 0. The van der Waals surface area contributed by atoms with Gasteiger partial charge in [0.15, 0.2) is 12.9 Å². The minimum atomic E-state index is -0.286. The molecular weight excluding hydrogens is 374 g/mol. The lowest BCUT2D eigenvalue weighted by Crippen LogP contribution is -2.33. The maximum Gasteiger partial charge on any atom is 0.258 e. The van der Waals surface area contributed by atoms with Gasteiger partial charge >= 0.3 is 0 Å². The van der Waals surface area contributed by atoms with Crippen molar-refractivity contribution < 1.29 is 14.3 Å². The predicted octanol–water partition coefficient (Wildman–Crippen LogP) is 4.94. The first-order valence-corrected chi connectivity index (χ1v) is 9.75. The number of ether oxygens (including phenoxy) is 1. The van der Waals surface area contributed by atoms with E-state index in [4.69, 9.17) is 4.74 Å². The van der Waals surface area contributed by atoms with E-state index in [1.807, 2.05) is 91.0 Å². The van der Waals surface area contributed by atoms with Crippen LogP contribution >= 0.6 is 0 Å². The van der Waals surface area contributed by atoms with Crippen molar-refractivity contribution in [3.8, 4) is 5.75 Å². The van der Waals surface area contributed by atoms with Crippen LogP contribution < -0.4 is 10.1 Å². The van der Waals surface area contributed by atoms with Crippen LogP contribution in [0.1, 0.15) is 27.5 Å². The first-order valence-electron chi connectivity index (χ1n) is 9.75. The minimum absolute atomic E-state index is 0.185. The molecule has 4 aromatic carbocycles. The summed E-state index contributed by atoms with van der Waals surface area (Å²) in [6.07, 6.45) is 0.770. The summed E-state index contributed by atoms with van der Waals surface area (Å²) in [5.74, 6) is 0.132. The molecule has 0 aliphatic carbocycles. The zero-order chi connectivity index (χ0) is 20.8. The van der Waals surface area contributed by atoms with Gasteiger partial charge in [-0.1, -0.05) is 91.0 Å². The number of aldehydes is 1. The van der Waals surface area contributed by atoms with Gasteiger partial charge in [-0.15, -0.1) is 0 Å². The maximum atomic E-state index is 12.7. The second-order valence-corrected chi connectivity index (χ2v) is 6.93. The molecule has 0 radical (unpaired) electrons. The Morgan fingerprint density at radius 2 is 1.40 bits per heavy atom. The average Bonchev–Trinajstić information content (AvgIpc) is 2.82. The summed E-state index contributed by atoms with van der Waals surface area (Å²) in [5.41, 5.74) is 2.41. The Kier molecular flexibility index (Phi) is 5.85. The number of rotatable bonds is 7. The van der Waals surface area contributed by atoms with E-state index in [1.54, 1.807) is 6.07 Å². The zero-order valence-corrected chi connectivity index (χ0v) is 16.3. The highest BCUT2D eigenvalue weighted by atomic mass is 16.5. The topological polar surface area (TPSA) is 55.4 Å². The number of hydrogen-bond acceptors (Lipinski definition) is 3. The molecule has 4 aromatic rings. The van der Waals surface area contributed by atoms with Crippen LogP contribution in [-0.4, -0.2) is 18.8 Å². The van der Waals surface area contributed by atoms with E-state index in [2.05, 4.69) is 5.32 Å². The van der Waals surface area contributed by atoms with Gasteiger partial charge in [0.05, 0.1) is 11.6 Å². The molecule has 30 heavy (non-hydrogen) atoms. The highest BCUT2D eigenvalue weighted by Crippen LogP contribution is 2.27. The van der Waals surface area contributed by atoms with Crippen LogP contribution in [0.2, 0.25) is 0 Å². The molecule has 0 fully saturated rings. The van der Waals surface area contributed by atoms with Crippen molar-refractivity contribution >= 4 is 23.0 Å². The fourth-order valence-electron chi connectivity index (χ4n) is 3.52. The molecule has 0 heterocycles. The molecule has 0 spiro atoms. The molecule has 1 N–H and O–H groups in total. The van der Waals surface area contributed by atoms with E-state index in [-0.39, 0.29) is 18.6 Å². The highest BCUT2D eigenvalue weighted by molar-refractivity contribution is 6.00. The van der Waals surface area contributed by atoms with Crippen molar-refractivity contribution in [2.45, 2.75) is 6.04 Å². The van der Waals surface area contributed by atoms with Crippen molar-refractivity contribution in [2.24, 2.45) is 0 Å². The molecule has 1 amide bonds. The lowest BCUT2D eigenvalue weighted by molar-refractivity contribution is -0.123.